The van der Waals surface area contributed by atoms with E-state index in [0.29, 0.717) is 0 Å². The Labute approximate surface area is 67.6 Å². The highest BCUT2D eigenvalue weighted by molar-refractivity contribution is 6.33. The Balaban J connectivity index is 3.09. The molecule has 0 atom stereocenters. The summed E-state index contributed by atoms with van der Waals surface area (Å²) in [4.78, 5) is 0. The van der Waals surface area contributed by atoms with E-state index in [1.165, 1.54) is 22.6 Å². The second-order valence-corrected chi connectivity index (χ2v) is 3.19. The van der Waals surface area contributed by atoms with Crippen LogP contribution in [0.15, 0.2) is 21.8 Å². The average molecular weight is 156 g/mol. The molecule has 55 valence electrons. The Morgan fingerprint density at radius 2 is 1.30 bits per heavy atom. The maximum atomic E-state index is 6.00. The molecule has 0 bridgehead atoms. The highest BCUT2D eigenvalue weighted by Gasteiger charge is 2.21. The van der Waals surface area contributed by atoms with Crippen molar-refractivity contribution in [2.75, 3.05) is 0 Å². The Bertz CT molecular complexity index is 197. The predicted octanol–water partition coefficient (Wildman–Crippen LogP) is 3.44. The van der Waals surface area contributed by atoms with E-state index in [1.807, 2.05) is 0 Å². The van der Waals surface area contributed by atoms with E-state index in [4.69, 9.17) is 11.6 Å². The van der Waals surface area contributed by atoms with Crippen LogP contribution in [0.1, 0.15) is 27.7 Å². The fourth-order valence-electron chi connectivity index (χ4n) is 1.17. The summed E-state index contributed by atoms with van der Waals surface area (Å²) in [5.74, 6) is 1.23. The lowest BCUT2D eigenvalue weighted by molar-refractivity contribution is 1.19. The van der Waals surface area contributed by atoms with Crippen molar-refractivity contribution in [1.82, 2.24) is 0 Å². The fourth-order valence-corrected chi connectivity index (χ4v) is 1.46. The molecule has 0 saturated carbocycles. The van der Waals surface area contributed by atoms with Crippen molar-refractivity contribution < 1.29 is 0 Å². The minimum atomic E-state index is 0.940. The smallest absolute Gasteiger partial charge is 0.0387 e. The molecule has 0 N–H and O–H groups in total. The van der Waals surface area contributed by atoms with Crippen LogP contribution < -0.4 is 0 Å². The minimum Gasteiger partial charge on any atom is -0.0878 e. The highest BCUT2D eigenvalue weighted by atomic mass is 35.5. The van der Waals surface area contributed by atoms with E-state index in [1.54, 1.807) is 0 Å². The summed E-state index contributed by atoms with van der Waals surface area (Å²) in [7, 11) is 0. The summed E-state index contributed by atoms with van der Waals surface area (Å²) >= 11 is 6.00. The van der Waals surface area contributed by atoms with Gasteiger partial charge in [-0.25, -0.2) is 0 Å². The molecule has 0 fully saturated rings. The lowest BCUT2D eigenvalue weighted by Gasteiger charge is -2.02. The van der Waals surface area contributed by atoms with Gasteiger partial charge in [0.2, 0.25) is 0 Å². The maximum Gasteiger partial charge on any atom is 0.0387 e. The number of halogens is 1. The van der Waals surface area contributed by atoms with E-state index in [0.717, 1.165) is 5.03 Å². The highest BCUT2D eigenvalue weighted by Crippen LogP contribution is 2.39. The molecule has 0 heterocycles. The molecule has 0 nitrogen and oxygen atoms in total. The van der Waals surface area contributed by atoms with Crippen molar-refractivity contribution in [3.63, 3.8) is 0 Å². The monoisotopic (exact) mass is 155 g/mol. The summed E-state index contributed by atoms with van der Waals surface area (Å²) in [6.07, 6.45) is 0. The van der Waals surface area contributed by atoms with Crippen LogP contribution in [0.4, 0.5) is 0 Å². The van der Waals surface area contributed by atoms with Crippen LogP contribution in [0.2, 0.25) is 0 Å². The van der Waals surface area contributed by atoms with E-state index < -0.39 is 0 Å². The van der Waals surface area contributed by atoms with Crippen molar-refractivity contribution in [1.29, 1.82) is 0 Å². The van der Waals surface area contributed by atoms with Crippen LogP contribution in [0.5, 0.6) is 0 Å². The number of hydrogen-bond acceptors (Lipinski definition) is 0. The molecule has 1 aliphatic rings. The quantitative estimate of drug-likeness (QED) is 0.503. The third kappa shape index (κ3) is 0.911. The van der Waals surface area contributed by atoms with E-state index in [-0.39, 0.29) is 0 Å². The van der Waals surface area contributed by atoms with Crippen molar-refractivity contribution in [3.8, 4) is 0 Å². The van der Waals surface area contributed by atoms with E-state index in [9.17, 15) is 0 Å². The van der Waals surface area contributed by atoms with Gasteiger partial charge in [-0.05, 0) is 38.8 Å². The molecule has 0 spiro atoms. The van der Waals surface area contributed by atoms with E-state index in [2.05, 4.69) is 27.7 Å². The molecule has 1 aliphatic carbocycles. The van der Waals surface area contributed by atoms with Crippen molar-refractivity contribution in [2.45, 2.75) is 27.7 Å². The summed E-state index contributed by atoms with van der Waals surface area (Å²) in [5, 5.41) is 0.940. The lowest BCUT2D eigenvalue weighted by atomic mass is 10.1. The summed E-state index contributed by atoms with van der Waals surface area (Å²) in [5.41, 5.74) is 3.90. The van der Waals surface area contributed by atoms with Gasteiger partial charge in [0.25, 0.3) is 0 Å². The minimum absolute atomic E-state index is 0.940. The number of allylic oxidation sites excluding steroid dienone is 4. The van der Waals surface area contributed by atoms with Gasteiger partial charge in [0.1, 0.15) is 0 Å². The van der Waals surface area contributed by atoms with Crippen molar-refractivity contribution in [3.05, 3.63) is 27.7 Å². The van der Waals surface area contributed by atoms with Crippen LogP contribution in [-0.4, -0.2) is 0 Å². The molecule has 1 radical (unpaired) electrons. The molecule has 0 aromatic heterocycles. The standard InChI is InChI=1S/C9H12Cl/c1-5-6(2)8(4)9(10)7(5)3/h1-4H3. The van der Waals surface area contributed by atoms with Gasteiger partial charge in [0, 0.05) is 11.0 Å². The second kappa shape index (κ2) is 2.43. The first-order valence-corrected chi connectivity index (χ1v) is 3.82. The van der Waals surface area contributed by atoms with Gasteiger partial charge in [0.15, 0.2) is 0 Å². The molecule has 10 heavy (non-hydrogen) atoms. The third-order valence-electron chi connectivity index (χ3n) is 2.35. The first-order chi connectivity index (χ1) is 4.55. The van der Waals surface area contributed by atoms with Gasteiger partial charge < -0.3 is 0 Å². The SMILES string of the molecule is C[C]1C(C)=C(C)C(C)=C1Cl. The van der Waals surface area contributed by atoms with Crippen LogP contribution in [0.25, 0.3) is 0 Å². The third-order valence-corrected chi connectivity index (χ3v) is 2.91. The summed E-state index contributed by atoms with van der Waals surface area (Å²) in [6, 6.07) is 0. The average Bonchev–Trinajstić information content (AvgIpc) is 2.07. The van der Waals surface area contributed by atoms with Gasteiger partial charge in [-0.15, -0.1) is 0 Å². The first kappa shape index (κ1) is 7.87. The van der Waals surface area contributed by atoms with E-state index >= 15 is 0 Å². The zero-order valence-electron chi connectivity index (χ0n) is 6.88. The number of rotatable bonds is 0. The van der Waals surface area contributed by atoms with Gasteiger partial charge in [-0.2, -0.15) is 0 Å². The Morgan fingerprint density at radius 1 is 0.800 bits per heavy atom. The molecular weight excluding hydrogens is 144 g/mol. The Morgan fingerprint density at radius 3 is 1.40 bits per heavy atom. The first-order valence-electron chi connectivity index (χ1n) is 3.44. The molecule has 0 aromatic carbocycles. The van der Waals surface area contributed by atoms with Crippen LogP contribution in [0.3, 0.4) is 0 Å². The fraction of sp³-hybridized carbons (Fsp3) is 0.444. The molecule has 0 aliphatic heterocycles. The lowest BCUT2D eigenvalue weighted by Crippen LogP contribution is -1.87. The van der Waals surface area contributed by atoms with Crippen LogP contribution in [-0.2, 0) is 0 Å². The van der Waals surface area contributed by atoms with Crippen LogP contribution >= 0.6 is 11.6 Å². The Kier molecular flexibility index (Phi) is 1.91. The van der Waals surface area contributed by atoms with Gasteiger partial charge in [-0.3, -0.25) is 0 Å². The molecule has 0 unspecified atom stereocenters. The van der Waals surface area contributed by atoms with Gasteiger partial charge in [-0.1, -0.05) is 17.2 Å². The van der Waals surface area contributed by atoms with Gasteiger partial charge in [0.05, 0.1) is 0 Å². The van der Waals surface area contributed by atoms with Crippen molar-refractivity contribution in [2.24, 2.45) is 0 Å². The molecule has 0 amide bonds. The largest absolute Gasteiger partial charge is 0.0878 e. The summed E-state index contributed by atoms with van der Waals surface area (Å²) in [6.45, 7) is 8.36. The predicted molar refractivity (Wildman–Crippen MR) is 45.8 cm³/mol. The molecule has 0 saturated heterocycles. The second-order valence-electron chi connectivity index (χ2n) is 2.81. The van der Waals surface area contributed by atoms with Crippen LogP contribution in [0, 0.1) is 5.92 Å². The number of hydrogen-bond donors (Lipinski definition) is 0. The molecular formula is C9H12Cl. The normalized spacial score (nSPS) is 21.3. The zero-order chi connectivity index (χ0) is 7.89. The molecule has 1 heteroatoms. The van der Waals surface area contributed by atoms with Crippen molar-refractivity contribution >= 4 is 11.6 Å². The zero-order valence-corrected chi connectivity index (χ0v) is 7.63. The summed E-state index contributed by atoms with van der Waals surface area (Å²) < 4.78 is 0. The molecule has 0 aromatic rings. The topological polar surface area (TPSA) is 0 Å². The maximum absolute atomic E-state index is 6.00. The Hall–Kier alpha value is -0.230. The van der Waals surface area contributed by atoms with Gasteiger partial charge >= 0.3 is 0 Å². The molecule has 1 rings (SSSR count).